The third-order valence-electron chi connectivity index (χ3n) is 0. The first-order chi connectivity index (χ1) is 0. The van der Waals surface area contributed by atoms with Crippen molar-refractivity contribution in [3.63, 3.8) is 0 Å². The van der Waals surface area contributed by atoms with E-state index in [4.69, 9.17) is 0 Å². The SMILES string of the molecule is [S-2].[S-2].[S-2].[W+4].[Zn+2]. The Bertz CT molecular complexity index is 6.85. The van der Waals surface area contributed by atoms with E-state index in [1.54, 1.807) is 0 Å². The second-order valence-corrected chi connectivity index (χ2v) is 0. The maximum absolute atomic E-state index is 0. The predicted octanol–water partition coefficient (Wildman–Crippen LogP) is -0.0122. The minimum absolute atomic E-state index is 0. The molecule has 0 spiro atoms. The van der Waals surface area contributed by atoms with E-state index in [2.05, 4.69) is 0 Å². The molecule has 0 aromatic heterocycles. The monoisotopic (exact) mass is 344 g/mol. The van der Waals surface area contributed by atoms with Crippen molar-refractivity contribution >= 4 is 40.5 Å². The summed E-state index contributed by atoms with van der Waals surface area (Å²) in [5, 5.41) is 0. The minimum Gasteiger partial charge on any atom is -2.00 e. The van der Waals surface area contributed by atoms with Crippen LogP contribution in [0.15, 0.2) is 0 Å². The van der Waals surface area contributed by atoms with Crippen LogP contribution in [0.4, 0.5) is 0 Å². The smallest absolute Gasteiger partial charge is 2.00 e. The van der Waals surface area contributed by atoms with Gasteiger partial charge in [-0.05, 0) is 0 Å². The van der Waals surface area contributed by atoms with E-state index in [1.165, 1.54) is 0 Å². The number of hydrogen-bond acceptors (Lipinski definition) is 0. The molecule has 0 fully saturated rings. The van der Waals surface area contributed by atoms with Gasteiger partial charge >= 0.3 is 40.5 Å². The molecule has 0 atom stereocenters. The van der Waals surface area contributed by atoms with Crippen LogP contribution in [0.3, 0.4) is 0 Å². The Morgan fingerprint density at radius 1 is 0.600 bits per heavy atom. The van der Waals surface area contributed by atoms with E-state index >= 15 is 0 Å². The molecule has 0 radical (unpaired) electrons. The molecule has 5 heavy (non-hydrogen) atoms. The van der Waals surface area contributed by atoms with Crippen molar-refractivity contribution in [2.75, 3.05) is 0 Å². The Kier molecular flexibility index (Phi) is 350. The van der Waals surface area contributed by atoms with Gasteiger partial charge in [0.25, 0.3) is 0 Å². The zero-order chi connectivity index (χ0) is 0. The predicted molar refractivity (Wildman–Crippen MR) is 22.1 cm³/mol. The fraction of sp³-hybridized carbons (Fsp3) is 0. The molecule has 0 aliphatic heterocycles. The van der Waals surface area contributed by atoms with Crippen LogP contribution in [0.1, 0.15) is 0 Å². The number of hydrogen-bond donors (Lipinski definition) is 0. The van der Waals surface area contributed by atoms with Gasteiger partial charge in [-0.3, -0.25) is 0 Å². The second kappa shape index (κ2) is 32.8. The molecule has 0 unspecified atom stereocenters. The molecule has 0 saturated carbocycles. The van der Waals surface area contributed by atoms with Crippen LogP contribution >= 0.6 is 0 Å². The van der Waals surface area contributed by atoms with Crippen LogP contribution in [0, 0.1) is 0 Å². The van der Waals surface area contributed by atoms with Crippen molar-refractivity contribution in [3.05, 3.63) is 0 Å². The molecule has 26 valence electrons. The Morgan fingerprint density at radius 2 is 0.600 bits per heavy atom. The molecule has 0 nitrogen and oxygen atoms in total. The average Bonchev–Trinajstić information content (AvgIpc) is 0. The van der Waals surface area contributed by atoms with E-state index in [-0.39, 0.29) is 81.0 Å². The molecular formula is S3WZn. The fourth-order valence-electron chi connectivity index (χ4n) is 0. The van der Waals surface area contributed by atoms with Crippen LogP contribution in [0.5, 0.6) is 0 Å². The summed E-state index contributed by atoms with van der Waals surface area (Å²) < 4.78 is 0. The molecule has 0 heterocycles. The second-order valence-electron chi connectivity index (χ2n) is 0. The maximum Gasteiger partial charge on any atom is 4.00 e. The first-order valence-electron chi connectivity index (χ1n) is 0. The zero-order valence-corrected chi connectivity index (χ0v) is 10.7. The molecular weight excluding hydrogens is 345 g/mol. The Morgan fingerprint density at radius 3 is 0.600 bits per heavy atom. The van der Waals surface area contributed by atoms with E-state index < -0.39 is 0 Å². The summed E-state index contributed by atoms with van der Waals surface area (Å²) in [6.45, 7) is 0. The summed E-state index contributed by atoms with van der Waals surface area (Å²) in [5.74, 6) is 0. The van der Waals surface area contributed by atoms with Crippen molar-refractivity contribution in [3.8, 4) is 0 Å². The van der Waals surface area contributed by atoms with Crippen molar-refractivity contribution in [1.82, 2.24) is 0 Å². The van der Waals surface area contributed by atoms with E-state index in [1.807, 2.05) is 0 Å². The minimum atomic E-state index is 0. The molecule has 0 bridgehead atoms. The van der Waals surface area contributed by atoms with Gasteiger partial charge in [-0.15, -0.1) is 0 Å². The first-order valence-corrected chi connectivity index (χ1v) is 0. The van der Waals surface area contributed by atoms with Gasteiger partial charge in [0, 0.05) is 0 Å². The van der Waals surface area contributed by atoms with Crippen LogP contribution in [-0.4, -0.2) is 0 Å². The topological polar surface area (TPSA) is 0 Å². The fourth-order valence-corrected chi connectivity index (χ4v) is 0. The van der Waals surface area contributed by atoms with Crippen LogP contribution in [0.25, 0.3) is 0 Å². The van der Waals surface area contributed by atoms with Crippen molar-refractivity contribution in [1.29, 1.82) is 0 Å². The van der Waals surface area contributed by atoms with Gasteiger partial charge in [-0.25, -0.2) is 0 Å². The quantitative estimate of drug-likeness (QED) is 0.542. The van der Waals surface area contributed by atoms with E-state index in [0.29, 0.717) is 0 Å². The third-order valence-corrected chi connectivity index (χ3v) is 0. The molecule has 0 rings (SSSR count). The molecule has 0 aliphatic carbocycles. The maximum atomic E-state index is 0. The van der Waals surface area contributed by atoms with Crippen LogP contribution in [0.2, 0.25) is 0 Å². The van der Waals surface area contributed by atoms with Gasteiger partial charge in [-0.2, -0.15) is 0 Å². The summed E-state index contributed by atoms with van der Waals surface area (Å²) in [6, 6.07) is 0. The van der Waals surface area contributed by atoms with Gasteiger partial charge in [0.2, 0.25) is 0 Å². The molecule has 0 aliphatic rings. The standard InChI is InChI=1S/3S.W.Zn/q3*-2;+4;+2. The Hall–Kier alpha value is 2.36. The zero-order valence-electron chi connectivity index (χ0n) is 2.34. The molecule has 0 aromatic carbocycles. The van der Waals surface area contributed by atoms with Crippen molar-refractivity contribution in [2.24, 2.45) is 0 Å². The first kappa shape index (κ1) is 53.4. The van der Waals surface area contributed by atoms with E-state index in [9.17, 15) is 0 Å². The Labute approximate surface area is 80.2 Å². The van der Waals surface area contributed by atoms with Crippen molar-refractivity contribution in [2.45, 2.75) is 0 Å². The molecule has 0 amide bonds. The average molecular weight is 345 g/mol. The summed E-state index contributed by atoms with van der Waals surface area (Å²) in [6.07, 6.45) is 0. The third kappa shape index (κ3) is 21.7. The molecule has 0 N–H and O–H groups in total. The van der Waals surface area contributed by atoms with Crippen LogP contribution < -0.4 is 0 Å². The van der Waals surface area contributed by atoms with Gasteiger partial charge in [0.05, 0.1) is 0 Å². The number of rotatable bonds is 0. The normalized spacial score (nSPS) is 0. The van der Waals surface area contributed by atoms with Crippen LogP contribution in [-0.2, 0) is 81.0 Å². The van der Waals surface area contributed by atoms with Gasteiger partial charge in [0.1, 0.15) is 0 Å². The largest absolute Gasteiger partial charge is 4.00 e. The Balaban J connectivity index is 0. The molecule has 5 heteroatoms. The van der Waals surface area contributed by atoms with Gasteiger partial charge in [-0.1, -0.05) is 0 Å². The molecule has 0 saturated heterocycles. The summed E-state index contributed by atoms with van der Waals surface area (Å²) in [7, 11) is 0. The summed E-state index contributed by atoms with van der Waals surface area (Å²) in [4.78, 5) is 0. The molecule has 0 aromatic rings. The van der Waals surface area contributed by atoms with Gasteiger partial charge in [0.15, 0.2) is 0 Å². The van der Waals surface area contributed by atoms with E-state index in [0.717, 1.165) is 0 Å². The van der Waals surface area contributed by atoms with Crippen molar-refractivity contribution < 1.29 is 40.5 Å². The summed E-state index contributed by atoms with van der Waals surface area (Å²) >= 11 is 0. The summed E-state index contributed by atoms with van der Waals surface area (Å²) in [5.41, 5.74) is 0. The van der Waals surface area contributed by atoms with Gasteiger partial charge < -0.3 is 40.5 Å².